The molecule has 0 aromatic heterocycles. The van der Waals surface area contributed by atoms with Gasteiger partial charge in [-0.15, -0.1) is 0 Å². The second-order valence-corrected chi connectivity index (χ2v) is 3.53. The van der Waals surface area contributed by atoms with Crippen molar-refractivity contribution in [2.45, 2.75) is 32.8 Å². The minimum Gasteiger partial charge on any atom is -0.490 e. The van der Waals surface area contributed by atoms with Crippen LogP contribution in [0.5, 0.6) is 5.75 Å². The molecule has 0 aliphatic carbocycles. The van der Waals surface area contributed by atoms with Crippen LogP contribution in [0.4, 0.5) is 0 Å². The topological polar surface area (TPSA) is 46.5 Å². The molecule has 0 fully saturated rings. The van der Waals surface area contributed by atoms with E-state index in [0.717, 1.165) is 12.2 Å². The van der Waals surface area contributed by atoms with E-state index in [9.17, 15) is 4.79 Å². The van der Waals surface area contributed by atoms with Crippen LogP contribution >= 0.6 is 0 Å². The Hall–Kier alpha value is -1.51. The molecular weight excluding hydrogens is 192 g/mol. The highest BCUT2D eigenvalue weighted by Gasteiger charge is 2.08. The van der Waals surface area contributed by atoms with Crippen LogP contribution in [0.3, 0.4) is 0 Å². The smallest absolute Gasteiger partial charge is 0.307 e. The van der Waals surface area contributed by atoms with Crippen molar-refractivity contribution in [3.63, 3.8) is 0 Å². The molecule has 0 bridgehead atoms. The van der Waals surface area contributed by atoms with Crippen LogP contribution in [0, 0.1) is 0 Å². The highest BCUT2D eigenvalue weighted by molar-refractivity contribution is 5.67. The van der Waals surface area contributed by atoms with Crippen LogP contribution in [0.1, 0.15) is 25.8 Å². The van der Waals surface area contributed by atoms with Gasteiger partial charge in [-0.1, -0.05) is 19.1 Å². The van der Waals surface area contributed by atoms with E-state index in [2.05, 4.69) is 6.92 Å². The molecular formula is C12H16O3. The van der Waals surface area contributed by atoms with Gasteiger partial charge in [0.2, 0.25) is 0 Å². The zero-order chi connectivity index (χ0) is 11.3. The molecule has 1 aromatic rings. The van der Waals surface area contributed by atoms with E-state index in [1.54, 1.807) is 6.92 Å². The normalized spacial score (nSPS) is 12.1. The van der Waals surface area contributed by atoms with Gasteiger partial charge >= 0.3 is 5.97 Å². The number of aryl methyl sites for hydroxylation is 1. The number of carbonyl (C=O) groups is 1. The molecule has 0 aliphatic rings. The maximum absolute atomic E-state index is 10.4. The highest BCUT2D eigenvalue weighted by Crippen LogP contribution is 2.16. The maximum Gasteiger partial charge on any atom is 0.307 e. The first kappa shape index (κ1) is 11.6. The fourth-order valence-corrected chi connectivity index (χ4v) is 1.36. The number of carboxylic acid groups (broad SMARTS) is 1. The van der Waals surface area contributed by atoms with Crippen molar-refractivity contribution >= 4 is 5.97 Å². The maximum atomic E-state index is 10.4. The Labute approximate surface area is 89.7 Å². The fourth-order valence-electron chi connectivity index (χ4n) is 1.36. The average molecular weight is 208 g/mol. The van der Waals surface area contributed by atoms with Crippen LogP contribution < -0.4 is 4.74 Å². The number of benzene rings is 1. The molecule has 82 valence electrons. The molecule has 1 atom stereocenters. The summed E-state index contributed by atoms with van der Waals surface area (Å²) >= 11 is 0. The Balaban J connectivity index is 2.59. The van der Waals surface area contributed by atoms with Gasteiger partial charge in [0.25, 0.3) is 0 Å². The van der Waals surface area contributed by atoms with Crippen molar-refractivity contribution in [1.82, 2.24) is 0 Å². The van der Waals surface area contributed by atoms with E-state index in [1.165, 1.54) is 5.56 Å². The molecule has 0 saturated carbocycles. The minimum atomic E-state index is -0.839. The first-order chi connectivity index (χ1) is 7.11. The van der Waals surface area contributed by atoms with Crippen LogP contribution in [0.25, 0.3) is 0 Å². The average Bonchev–Trinajstić information content (AvgIpc) is 2.16. The molecule has 1 rings (SSSR count). The van der Waals surface area contributed by atoms with Crippen LogP contribution in [0.15, 0.2) is 24.3 Å². The molecule has 0 heterocycles. The number of rotatable bonds is 5. The summed E-state index contributed by atoms with van der Waals surface area (Å²) in [6.45, 7) is 3.83. The molecule has 0 amide bonds. The number of carboxylic acids is 1. The third-order valence-corrected chi connectivity index (χ3v) is 2.11. The standard InChI is InChI=1S/C12H16O3/c1-3-10-5-4-6-11(8-10)15-9(2)7-12(13)14/h4-6,8-9H,3,7H2,1-2H3,(H,13,14)/t9-/m0/s1. The van der Waals surface area contributed by atoms with Gasteiger partial charge in [-0.25, -0.2) is 0 Å². The molecule has 0 unspecified atom stereocenters. The summed E-state index contributed by atoms with van der Waals surface area (Å²) in [5.41, 5.74) is 1.19. The van der Waals surface area contributed by atoms with E-state index in [-0.39, 0.29) is 12.5 Å². The summed E-state index contributed by atoms with van der Waals surface area (Å²) in [4.78, 5) is 10.4. The third-order valence-electron chi connectivity index (χ3n) is 2.11. The van der Waals surface area contributed by atoms with Crippen molar-refractivity contribution in [3.8, 4) is 5.75 Å². The number of hydrogen-bond donors (Lipinski definition) is 1. The lowest BCUT2D eigenvalue weighted by Gasteiger charge is -2.13. The predicted molar refractivity (Wildman–Crippen MR) is 58.2 cm³/mol. The zero-order valence-electron chi connectivity index (χ0n) is 9.06. The van der Waals surface area contributed by atoms with Gasteiger partial charge in [-0.2, -0.15) is 0 Å². The second-order valence-electron chi connectivity index (χ2n) is 3.53. The van der Waals surface area contributed by atoms with Gasteiger partial charge in [0.15, 0.2) is 0 Å². The summed E-state index contributed by atoms with van der Waals surface area (Å²) in [5, 5.41) is 8.58. The van der Waals surface area contributed by atoms with Gasteiger partial charge in [-0.3, -0.25) is 4.79 Å². The van der Waals surface area contributed by atoms with Crippen molar-refractivity contribution < 1.29 is 14.6 Å². The predicted octanol–water partition coefficient (Wildman–Crippen LogP) is 2.49. The summed E-state index contributed by atoms with van der Waals surface area (Å²) in [6.07, 6.45) is 0.676. The molecule has 1 aromatic carbocycles. The summed E-state index contributed by atoms with van der Waals surface area (Å²) in [7, 11) is 0. The molecule has 0 spiro atoms. The highest BCUT2D eigenvalue weighted by atomic mass is 16.5. The van der Waals surface area contributed by atoms with E-state index in [1.807, 2.05) is 24.3 Å². The second kappa shape index (κ2) is 5.39. The first-order valence-corrected chi connectivity index (χ1v) is 5.09. The number of ether oxygens (including phenoxy) is 1. The lowest BCUT2D eigenvalue weighted by Crippen LogP contribution is -2.16. The Morgan fingerprint density at radius 3 is 2.87 bits per heavy atom. The Morgan fingerprint density at radius 2 is 2.27 bits per heavy atom. The molecule has 1 N–H and O–H groups in total. The van der Waals surface area contributed by atoms with E-state index >= 15 is 0 Å². The van der Waals surface area contributed by atoms with Crippen molar-refractivity contribution in [3.05, 3.63) is 29.8 Å². The zero-order valence-corrected chi connectivity index (χ0v) is 9.06. The molecule has 0 radical (unpaired) electrons. The summed E-state index contributed by atoms with van der Waals surface area (Å²) in [6, 6.07) is 7.73. The molecule has 0 saturated heterocycles. The SMILES string of the molecule is CCc1cccc(O[C@@H](C)CC(=O)O)c1. The van der Waals surface area contributed by atoms with E-state index in [4.69, 9.17) is 9.84 Å². The molecule has 3 nitrogen and oxygen atoms in total. The van der Waals surface area contributed by atoms with E-state index < -0.39 is 5.97 Å². The molecule has 15 heavy (non-hydrogen) atoms. The summed E-state index contributed by atoms with van der Waals surface area (Å²) < 4.78 is 5.49. The van der Waals surface area contributed by atoms with Crippen LogP contribution in [-0.4, -0.2) is 17.2 Å². The van der Waals surface area contributed by atoms with Crippen molar-refractivity contribution in [2.24, 2.45) is 0 Å². The minimum absolute atomic E-state index is 0.0242. The number of aliphatic carboxylic acids is 1. The van der Waals surface area contributed by atoms with Crippen molar-refractivity contribution in [1.29, 1.82) is 0 Å². The Morgan fingerprint density at radius 1 is 1.53 bits per heavy atom. The van der Waals surface area contributed by atoms with Gasteiger partial charge in [0.05, 0.1) is 6.42 Å². The lowest BCUT2D eigenvalue weighted by atomic mass is 10.1. The molecule has 0 aliphatic heterocycles. The van der Waals surface area contributed by atoms with Gasteiger partial charge in [0, 0.05) is 0 Å². The van der Waals surface area contributed by atoms with Gasteiger partial charge < -0.3 is 9.84 Å². The fraction of sp³-hybridized carbons (Fsp3) is 0.417. The van der Waals surface area contributed by atoms with Crippen LogP contribution in [0.2, 0.25) is 0 Å². The largest absolute Gasteiger partial charge is 0.490 e. The first-order valence-electron chi connectivity index (χ1n) is 5.09. The van der Waals surface area contributed by atoms with Crippen molar-refractivity contribution in [2.75, 3.05) is 0 Å². The lowest BCUT2D eigenvalue weighted by molar-refractivity contribution is -0.138. The quantitative estimate of drug-likeness (QED) is 0.808. The third kappa shape index (κ3) is 4.02. The summed E-state index contributed by atoms with van der Waals surface area (Å²) in [5.74, 6) is -0.0998. The van der Waals surface area contributed by atoms with Gasteiger partial charge in [-0.05, 0) is 31.0 Å². The van der Waals surface area contributed by atoms with Crippen LogP contribution in [-0.2, 0) is 11.2 Å². The van der Waals surface area contributed by atoms with Gasteiger partial charge in [0.1, 0.15) is 11.9 Å². The Bertz CT molecular complexity index is 333. The number of hydrogen-bond acceptors (Lipinski definition) is 2. The Kier molecular flexibility index (Phi) is 4.16. The van der Waals surface area contributed by atoms with E-state index in [0.29, 0.717) is 0 Å². The monoisotopic (exact) mass is 208 g/mol. The molecule has 3 heteroatoms.